The van der Waals surface area contributed by atoms with Gasteiger partial charge < -0.3 is 9.67 Å². The van der Waals surface area contributed by atoms with Crippen LogP contribution in [0.2, 0.25) is 5.02 Å². The van der Waals surface area contributed by atoms with Gasteiger partial charge in [-0.15, -0.1) is 0 Å². The molecule has 0 aliphatic heterocycles. The number of halogens is 4. The summed E-state index contributed by atoms with van der Waals surface area (Å²) in [5.41, 5.74) is -2.05. The van der Waals surface area contributed by atoms with E-state index >= 15 is 0 Å². The van der Waals surface area contributed by atoms with Crippen LogP contribution in [-0.2, 0) is 6.18 Å². The van der Waals surface area contributed by atoms with Gasteiger partial charge in [0.15, 0.2) is 0 Å². The summed E-state index contributed by atoms with van der Waals surface area (Å²) in [5, 5.41) is 18.0. The fourth-order valence-electron chi connectivity index (χ4n) is 1.80. The Morgan fingerprint density at radius 1 is 1.33 bits per heavy atom. The van der Waals surface area contributed by atoms with Crippen molar-refractivity contribution in [2.24, 2.45) is 0 Å². The molecule has 0 saturated heterocycles. The Morgan fingerprint density at radius 3 is 2.48 bits per heavy atom. The van der Waals surface area contributed by atoms with Gasteiger partial charge in [0.05, 0.1) is 22.4 Å². The van der Waals surface area contributed by atoms with Crippen LogP contribution >= 0.6 is 11.6 Å². The Bertz CT molecular complexity index is 760. The summed E-state index contributed by atoms with van der Waals surface area (Å²) >= 11 is 5.76. The van der Waals surface area contributed by atoms with Crippen molar-refractivity contribution in [1.82, 2.24) is 4.57 Å². The third-order valence-corrected chi connectivity index (χ3v) is 2.96. The highest BCUT2D eigenvalue weighted by atomic mass is 35.5. The molecule has 2 rings (SSSR count). The first-order valence-electron chi connectivity index (χ1n) is 5.46. The highest BCUT2D eigenvalue weighted by Gasteiger charge is 2.37. The summed E-state index contributed by atoms with van der Waals surface area (Å²) in [6.45, 7) is 0. The third-order valence-electron chi connectivity index (χ3n) is 2.72. The summed E-state index contributed by atoms with van der Waals surface area (Å²) in [6.07, 6.45) is -3.39. The lowest BCUT2D eigenvalue weighted by molar-refractivity contribution is -0.138. The minimum atomic E-state index is -4.82. The van der Waals surface area contributed by atoms with Gasteiger partial charge in [0, 0.05) is 17.4 Å². The average molecular weight is 315 g/mol. The summed E-state index contributed by atoms with van der Waals surface area (Å²) in [5.74, 6) is -1.71. The number of rotatable bonds is 2. The standard InChI is InChI=1S/C13H6ClF3N2O2/c14-8-2-1-7(4-18)11(3-8)19-5-9(12(20)21)10(6-19)13(15,16)17/h1-3,5-6H,(H,20,21). The lowest BCUT2D eigenvalue weighted by atomic mass is 10.2. The van der Waals surface area contributed by atoms with Gasteiger partial charge in [-0.1, -0.05) is 11.6 Å². The molecule has 21 heavy (non-hydrogen) atoms. The number of hydrogen-bond donors (Lipinski definition) is 1. The second-order valence-electron chi connectivity index (χ2n) is 4.07. The minimum Gasteiger partial charge on any atom is -0.478 e. The topological polar surface area (TPSA) is 66.0 Å². The maximum absolute atomic E-state index is 12.8. The Kier molecular flexibility index (Phi) is 3.66. The van der Waals surface area contributed by atoms with Crippen molar-refractivity contribution in [3.8, 4) is 11.8 Å². The molecule has 1 aromatic carbocycles. The predicted octanol–water partition coefficient (Wildman–Crippen LogP) is 3.72. The maximum Gasteiger partial charge on any atom is 0.418 e. The van der Waals surface area contributed by atoms with E-state index in [1.54, 1.807) is 0 Å². The molecule has 0 spiro atoms. The van der Waals surface area contributed by atoms with Gasteiger partial charge in [-0.05, 0) is 18.2 Å². The summed E-state index contributed by atoms with van der Waals surface area (Å²) in [7, 11) is 0. The molecule has 0 radical (unpaired) electrons. The van der Waals surface area contributed by atoms with Crippen LogP contribution < -0.4 is 0 Å². The Balaban J connectivity index is 2.70. The number of alkyl halides is 3. The molecule has 0 aliphatic rings. The van der Waals surface area contributed by atoms with E-state index in [1.807, 2.05) is 6.07 Å². The van der Waals surface area contributed by atoms with Crippen LogP contribution in [0, 0.1) is 11.3 Å². The van der Waals surface area contributed by atoms with Gasteiger partial charge in [0.1, 0.15) is 6.07 Å². The number of benzene rings is 1. The van der Waals surface area contributed by atoms with Crippen molar-refractivity contribution in [2.45, 2.75) is 6.18 Å². The first-order chi connectivity index (χ1) is 9.74. The molecule has 1 N–H and O–H groups in total. The van der Waals surface area contributed by atoms with Crippen LogP contribution in [0.3, 0.4) is 0 Å². The zero-order chi connectivity index (χ0) is 15.8. The maximum atomic E-state index is 12.8. The van der Waals surface area contributed by atoms with Crippen LogP contribution in [0.5, 0.6) is 0 Å². The molecule has 0 saturated carbocycles. The van der Waals surface area contributed by atoms with Gasteiger partial charge >= 0.3 is 12.1 Å². The third kappa shape index (κ3) is 2.85. The number of carboxylic acids is 1. The number of hydrogen-bond acceptors (Lipinski definition) is 2. The van der Waals surface area contributed by atoms with E-state index in [0.29, 0.717) is 6.20 Å². The molecule has 2 aromatic rings. The van der Waals surface area contributed by atoms with Gasteiger partial charge in [0.25, 0.3) is 0 Å². The van der Waals surface area contributed by atoms with E-state index < -0.39 is 23.3 Å². The van der Waals surface area contributed by atoms with Crippen molar-refractivity contribution in [3.05, 3.63) is 52.3 Å². The summed E-state index contributed by atoms with van der Waals surface area (Å²) in [6, 6.07) is 5.84. The minimum absolute atomic E-state index is 0.0695. The van der Waals surface area contributed by atoms with Gasteiger partial charge in [-0.3, -0.25) is 0 Å². The van der Waals surface area contributed by atoms with E-state index in [9.17, 15) is 18.0 Å². The first kappa shape index (κ1) is 14.9. The van der Waals surface area contributed by atoms with Crippen LogP contribution in [0.15, 0.2) is 30.6 Å². The van der Waals surface area contributed by atoms with E-state index in [0.717, 1.165) is 10.8 Å². The highest BCUT2D eigenvalue weighted by molar-refractivity contribution is 6.30. The molecule has 0 fully saturated rings. The largest absolute Gasteiger partial charge is 0.478 e. The first-order valence-corrected chi connectivity index (χ1v) is 5.84. The highest BCUT2D eigenvalue weighted by Crippen LogP contribution is 2.34. The Labute approximate surface area is 121 Å². The van der Waals surface area contributed by atoms with E-state index in [2.05, 4.69) is 0 Å². The van der Waals surface area contributed by atoms with Crippen LogP contribution in [0.4, 0.5) is 13.2 Å². The van der Waals surface area contributed by atoms with Crippen molar-refractivity contribution in [1.29, 1.82) is 5.26 Å². The molecule has 108 valence electrons. The van der Waals surface area contributed by atoms with Crippen molar-refractivity contribution in [3.63, 3.8) is 0 Å². The quantitative estimate of drug-likeness (QED) is 0.918. The fourth-order valence-corrected chi connectivity index (χ4v) is 1.97. The average Bonchev–Trinajstić information content (AvgIpc) is 2.83. The van der Waals surface area contributed by atoms with Crippen LogP contribution in [0.25, 0.3) is 5.69 Å². The van der Waals surface area contributed by atoms with Crippen molar-refractivity contribution in [2.75, 3.05) is 0 Å². The lowest BCUT2D eigenvalue weighted by Crippen LogP contribution is -2.09. The van der Waals surface area contributed by atoms with Crippen LogP contribution in [-0.4, -0.2) is 15.6 Å². The molecular formula is C13H6ClF3N2O2. The molecule has 1 aromatic heterocycles. The van der Waals surface area contributed by atoms with Crippen molar-refractivity contribution < 1.29 is 23.1 Å². The molecule has 0 aliphatic carbocycles. The zero-order valence-electron chi connectivity index (χ0n) is 10.1. The van der Waals surface area contributed by atoms with E-state index in [1.165, 1.54) is 18.2 Å². The van der Waals surface area contributed by atoms with E-state index in [4.69, 9.17) is 22.0 Å². The Hall–Kier alpha value is -2.46. The SMILES string of the molecule is N#Cc1ccc(Cl)cc1-n1cc(C(=O)O)c(C(F)(F)F)c1. The number of carbonyl (C=O) groups is 1. The number of aromatic carboxylic acids is 1. The van der Waals surface area contributed by atoms with Crippen molar-refractivity contribution >= 4 is 17.6 Å². The molecule has 0 unspecified atom stereocenters. The summed E-state index contributed by atoms with van der Waals surface area (Å²) in [4.78, 5) is 10.9. The molecule has 0 bridgehead atoms. The number of aromatic nitrogens is 1. The second kappa shape index (κ2) is 5.14. The normalized spacial score (nSPS) is 11.2. The van der Waals surface area contributed by atoms with Crippen LogP contribution in [0.1, 0.15) is 21.5 Å². The smallest absolute Gasteiger partial charge is 0.418 e. The number of nitriles is 1. The summed E-state index contributed by atoms with van der Waals surface area (Å²) < 4.78 is 39.4. The monoisotopic (exact) mass is 314 g/mol. The van der Waals surface area contributed by atoms with Gasteiger partial charge in [-0.25, -0.2) is 4.79 Å². The molecule has 0 amide bonds. The molecule has 8 heteroatoms. The molecule has 0 atom stereocenters. The van der Waals surface area contributed by atoms with E-state index in [-0.39, 0.29) is 16.3 Å². The fraction of sp³-hybridized carbons (Fsp3) is 0.0769. The zero-order valence-corrected chi connectivity index (χ0v) is 10.9. The number of nitrogens with zero attached hydrogens (tertiary/aromatic N) is 2. The number of carboxylic acid groups (broad SMARTS) is 1. The Morgan fingerprint density at radius 2 is 2.00 bits per heavy atom. The van der Waals surface area contributed by atoms with Gasteiger partial charge in [0.2, 0.25) is 0 Å². The molecule has 4 nitrogen and oxygen atoms in total. The molecule has 1 heterocycles. The molecular weight excluding hydrogens is 309 g/mol. The second-order valence-corrected chi connectivity index (χ2v) is 4.51. The lowest BCUT2D eigenvalue weighted by Gasteiger charge is -2.06. The predicted molar refractivity (Wildman–Crippen MR) is 67.5 cm³/mol. The van der Waals surface area contributed by atoms with Gasteiger partial charge in [-0.2, -0.15) is 18.4 Å².